The Morgan fingerprint density at radius 1 is 1.00 bits per heavy atom. The van der Waals surface area contributed by atoms with E-state index in [1.54, 1.807) is 0 Å². The van der Waals surface area contributed by atoms with Crippen LogP contribution < -0.4 is 0 Å². The molecule has 0 unspecified atom stereocenters. The van der Waals surface area contributed by atoms with Crippen LogP contribution in [0.3, 0.4) is 0 Å². The van der Waals surface area contributed by atoms with Crippen LogP contribution in [0.5, 0.6) is 0 Å². The summed E-state index contributed by atoms with van der Waals surface area (Å²) < 4.78 is 5.14. The molecule has 1 heterocycles. The second-order valence-corrected chi connectivity index (χ2v) is 5.61. The number of allylic oxidation sites excluding steroid dienone is 1. The third-order valence-corrected chi connectivity index (χ3v) is 3.58. The molecule has 2 rings (SSSR count). The Hall–Kier alpha value is -1.08. The zero-order chi connectivity index (χ0) is 16.3. The van der Waals surface area contributed by atoms with E-state index < -0.39 is 0 Å². The van der Waals surface area contributed by atoms with Crippen molar-refractivity contribution in [3.63, 3.8) is 0 Å². The Morgan fingerprint density at radius 2 is 1.48 bits per heavy atom. The second kappa shape index (κ2) is 11.6. The molecule has 1 aromatic rings. The minimum atomic E-state index is 0.911. The number of hydrogen-bond donors (Lipinski definition) is 0. The first-order chi connectivity index (χ1) is 10.0. The maximum atomic E-state index is 5.14. The van der Waals surface area contributed by atoms with Gasteiger partial charge in [-0.1, -0.05) is 50.6 Å². The van der Waals surface area contributed by atoms with E-state index in [1.807, 2.05) is 13.8 Å². The molecule has 0 bridgehead atoms. The van der Waals surface area contributed by atoms with Crippen molar-refractivity contribution in [2.75, 3.05) is 13.2 Å². The largest absolute Gasteiger partial charge is 0.381 e. The maximum absolute atomic E-state index is 5.14. The Kier molecular flexibility index (Phi) is 11.0. The fourth-order valence-corrected chi connectivity index (χ4v) is 2.44. The molecule has 1 aliphatic rings. The van der Waals surface area contributed by atoms with Crippen LogP contribution in [0.25, 0.3) is 6.08 Å². The Morgan fingerprint density at radius 3 is 1.81 bits per heavy atom. The maximum Gasteiger partial charge on any atom is 0.0468 e. The number of hydrogen-bond acceptors (Lipinski definition) is 1. The molecular formula is C20H34O. The van der Waals surface area contributed by atoms with Gasteiger partial charge in [0.25, 0.3) is 0 Å². The van der Waals surface area contributed by atoms with Crippen molar-refractivity contribution < 1.29 is 4.74 Å². The van der Waals surface area contributed by atoms with Gasteiger partial charge in [-0.3, -0.25) is 0 Å². The Labute approximate surface area is 132 Å². The van der Waals surface area contributed by atoms with E-state index >= 15 is 0 Å². The first-order valence-electron chi connectivity index (χ1n) is 8.33. The SMILES string of the molecule is C/C=C\c1c(C)cc(C)cc1C.CC.CC1CCOCC1. The fourth-order valence-electron chi connectivity index (χ4n) is 2.44. The van der Waals surface area contributed by atoms with Crippen LogP contribution in [0.4, 0.5) is 0 Å². The molecule has 1 aliphatic heterocycles. The first-order valence-corrected chi connectivity index (χ1v) is 8.33. The van der Waals surface area contributed by atoms with Crippen LogP contribution in [0.15, 0.2) is 18.2 Å². The summed E-state index contributed by atoms with van der Waals surface area (Å²) >= 11 is 0. The quantitative estimate of drug-likeness (QED) is 0.607. The lowest BCUT2D eigenvalue weighted by Crippen LogP contribution is -2.12. The molecule has 0 aromatic heterocycles. The molecular weight excluding hydrogens is 256 g/mol. The lowest BCUT2D eigenvalue weighted by Gasteiger charge is -2.16. The van der Waals surface area contributed by atoms with Crippen molar-refractivity contribution in [3.05, 3.63) is 40.5 Å². The molecule has 0 atom stereocenters. The van der Waals surface area contributed by atoms with Crippen LogP contribution in [0.1, 0.15) is 62.8 Å². The monoisotopic (exact) mass is 290 g/mol. The van der Waals surface area contributed by atoms with Crippen molar-refractivity contribution >= 4 is 6.08 Å². The van der Waals surface area contributed by atoms with Crippen LogP contribution >= 0.6 is 0 Å². The summed E-state index contributed by atoms with van der Waals surface area (Å²) in [4.78, 5) is 0. The molecule has 1 aromatic carbocycles. The van der Waals surface area contributed by atoms with E-state index in [-0.39, 0.29) is 0 Å². The van der Waals surface area contributed by atoms with Crippen molar-refractivity contribution in [2.24, 2.45) is 5.92 Å². The zero-order valence-corrected chi connectivity index (χ0v) is 15.1. The van der Waals surface area contributed by atoms with Crippen LogP contribution in [-0.4, -0.2) is 13.2 Å². The second-order valence-electron chi connectivity index (χ2n) is 5.61. The molecule has 120 valence electrons. The van der Waals surface area contributed by atoms with Crippen LogP contribution in [0.2, 0.25) is 0 Å². The normalized spacial score (nSPS) is 15.0. The molecule has 1 saturated heterocycles. The van der Waals surface area contributed by atoms with Gasteiger partial charge in [0.15, 0.2) is 0 Å². The van der Waals surface area contributed by atoms with Crippen LogP contribution in [0, 0.1) is 26.7 Å². The first kappa shape index (κ1) is 19.9. The van der Waals surface area contributed by atoms with Gasteiger partial charge in [0, 0.05) is 13.2 Å². The molecule has 0 saturated carbocycles. The van der Waals surface area contributed by atoms with Crippen molar-refractivity contribution in [2.45, 2.75) is 61.3 Å². The van der Waals surface area contributed by atoms with Crippen molar-refractivity contribution in [3.8, 4) is 0 Å². The highest BCUT2D eigenvalue weighted by atomic mass is 16.5. The lowest BCUT2D eigenvalue weighted by atomic mass is 10.00. The van der Waals surface area contributed by atoms with Gasteiger partial charge in [0.2, 0.25) is 0 Å². The lowest BCUT2D eigenvalue weighted by molar-refractivity contribution is 0.0716. The average molecular weight is 290 g/mol. The van der Waals surface area contributed by atoms with Gasteiger partial charge < -0.3 is 4.74 Å². The van der Waals surface area contributed by atoms with Crippen molar-refractivity contribution in [1.29, 1.82) is 0 Å². The predicted molar refractivity (Wildman–Crippen MR) is 95.9 cm³/mol. The smallest absolute Gasteiger partial charge is 0.0468 e. The van der Waals surface area contributed by atoms with Gasteiger partial charge in [0.05, 0.1) is 0 Å². The fraction of sp³-hybridized carbons (Fsp3) is 0.600. The van der Waals surface area contributed by atoms with Gasteiger partial charge in [-0.2, -0.15) is 0 Å². The molecule has 1 fully saturated rings. The minimum Gasteiger partial charge on any atom is -0.381 e. The average Bonchev–Trinajstić information content (AvgIpc) is 2.46. The number of aryl methyl sites for hydroxylation is 3. The predicted octanol–water partition coefficient (Wildman–Crippen LogP) is 6.10. The number of benzene rings is 1. The molecule has 0 amide bonds. The molecule has 1 heteroatoms. The molecule has 0 radical (unpaired) electrons. The van der Waals surface area contributed by atoms with Gasteiger partial charge in [0.1, 0.15) is 0 Å². The summed E-state index contributed by atoms with van der Waals surface area (Å²) in [6.07, 6.45) is 6.79. The summed E-state index contributed by atoms with van der Waals surface area (Å²) in [5.74, 6) is 0.911. The number of rotatable bonds is 1. The van der Waals surface area contributed by atoms with Crippen LogP contribution in [-0.2, 0) is 4.74 Å². The molecule has 1 nitrogen and oxygen atoms in total. The third-order valence-electron chi connectivity index (χ3n) is 3.58. The summed E-state index contributed by atoms with van der Waals surface area (Å²) in [6.45, 7) is 16.8. The van der Waals surface area contributed by atoms with E-state index in [2.05, 4.69) is 58.9 Å². The highest BCUT2D eigenvalue weighted by Crippen LogP contribution is 2.17. The number of ether oxygens (including phenoxy) is 1. The summed E-state index contributed by atoms with van der Waals surface area (Å²) in [5, 5.41) is 0. The third kappa shape index (κ3) is 8.06. The van der Waals surface area contributed by atoms with E-state index in [0.29, 0.717) is 0 Å². The summed E-state index contributed by atoms with van der Waals surface area (Å²) in [6, 6.07) is 4.45. The molecule has 0 spiro atoms. The summed E-state index contributed by atoms with van der Waals surface area (Å²) in [5.41, 5.74) is 5.44. The highest BCUT2D eigenvalue weighted by Gasteiger charge is 2.06. The Bertz CT molecular complexity index is 389. The van der Waals surface area contributed by atoms with Gasteiger partial charge in [-0.05, 0) is 63.1 Å². The zero-order valence-electron chi connectivity index (χ0n) is 15.1. The van der Waals surface area contributed by atoms with Gasteiger partial charge >= 0.3 is 0 Å². The molecule has 0 aliphatic carbocycles. The standard InChI is InChI=1S/C12H16.C6H12O.C2H6/c1-5-6-12-10(3)7-9(2)8-11(12)4;1-6-2-4-7-5-3-6;1-2/h5-8H,1-4H3;6H,2-5H2,1H3;1-2H3/b6-5-;;. The van der Waals surface area contributed by atoms with E-state index in [9.17, 15) is 0 Å². The summed E-state index contributed by atoms with van der Waals surface area (Å²) in [7, 11) is 0. The molecule has 0 N–H and O–H groups in total. The van der Waals surface area contributed by atoms with E-state index in [0.717, 1.165) is 19.1 Å². The Balaban J connectivity index is 0.000000377. The van der Waals surface area contributed by atoms with Crippen molar-refractivity contribution in [1.82, 2.24) is 0 Å². The van der Waals surface area contributed by atoms with Gasteiger partial charge in [-0.25, -0.2) is 0 Å². The highest BCUT2D eigenvalue weighted by molar-refractivity contribution is 5.58. The van der Waals surface area contributed by atoms with E-state index in [1.165, 1.54) is 35.1 Å². The van der Waals surface area contributed by atoms with E-state index in [4.69, 9.17) is 4.74 Å². The topological polar surface area (TPSA) is 9.23 Å². The minimum absolute atomic E-state index is 0.911. The van der Waals surface area contributed by atoms with Gasteiger partial charge in [-0.15, -0.1) is 0 Å². The molecule has 21 heavy (non-hydrogen) atoms.